The van der Waals surface area contributed by atoms with Gasteiger partial charge in [-0.3, -0.25) is 20.4 Å². The number of carbonyl (C=O) groups is 3. The maximum absolute atomic E-state index is 12.4. The van der Waals surface area contributed by atoms with E-state index in [0.29, 0.717) is 17.0 Å². The summed E-state index contributed by atoms with van der Waals surface area (Å²) in [6.45, 7) is 12.3. The van der Waals surface area contributed by atoms with Crippen LogP contribution < -0.4 is 10.9 Å². The molecule has 0 aliphatic carbocycles. The Morgan fingerprint density at radius 2 is 1.50 bits per heavy atom. The number of benzene rings is 1. The molecule has 0 fully saturated rings. The van der Waals surface area contributed by atoms with Gasteiger partial charge in [0.25, 0.3) is 5.91 Å². The molecule has 7 nitrogen and oxygen atoms in total. The number of esters is 1. The maximum atomic E-state index is 12.4. The van der Waals surface area contributed by atoms with E-state index in [4.69, 9.17) is 4.74 Å². The maximum Gasteiger partial charge on any atom is 0.371 e. The lowest BCUT2D eigenvalue weighted by molar-refractivity contribution is -0.157. The summed E-state index contributed by atoms with van der Waals surface area (Å²) in [6, 6.07) is 6.34. The Labute approximate surface area is 178 Å². The first-order valence-electron chi connectivity index (χ1n) is 9.60. The van der Waals surface area contributed by atoms with E-state index in [9.17, 15) is 18.8 Å². The average Bonchev–Trinajstić information content (AvgIpc) is 2.64. The average molecular weight is 425 g/mol. The molecule has 0 saturated heterocycles. The highest BCUT2D eigenvalue weighted by atomic mass is 19.1. The van der Waals surface area contributed by atoms with Gasteiger partial charge in [-0.05, 0) is 71.7 Å². The second kappa shape index (κ2) is 12.6. The third kappa shape index (κ3) is 13.3. The topological polar surface area (TPSA) is 93.7 Å². The normalized spacial score (nSPS) is 11.5. The van der Waals surface area contributed by atoms with Crippen LogP contribution in [-0.4, -0.2) is 29.4 Å². The van der Waals surface area contributed by atoms with E-state index in [1.165, 1.54) is 0 Å². The van der Waals surface area contributed by atoms with Crippen molar-refractivity contribution in [1.29, 1.82) is 0 Å². The molecule has 0 aliphatic rings. The highest BCUT2D eigenvalue weighted by molar-refractivity contribution is 6.20. The van der Waals surface area contributed by atoms with Crippen LogP contribution in [0.1, 0.15) is 70.8 Å². The molecule has 30 heavy (non-hydrogen) atoms. The third-order valence-corrected chi connectivity index (χ3v) is 2.98. The number of rotatable bonds is 7. The van der Waals surface area contributed by atoms with Crippen LogP contribution >= 0.6 is 0 Å². The van der Waals surface area contributed by atoms with Gasteiger partial charge in [0, 0.05) is 5.56 Å². The third-order valence-electron chi connectivity index (χ3n) is 2.98. The van der Waals surface area contributed by atoms with Crippen LogP contribution in [0.3, 0.4) is 0 Å². The van der Waals surface area contributed by atoms with E-state index in [0.717, 1.165) is 6.42 Å². The van der Waals surface area contributed by atoms with Gasteiger partial charge in [-0.1, -0.05) is 19.1 Å². The van der Waals surface area contributed by atoms with Crippen LogP contribution in [0.4, 0.5) is 4.39 Å². The number of amides is 1. The van der Waals surface area contributed by atoms with Crippen molar-refractivity contribution < 1.29 is 28.2 Å². The predicted octanol–water partition coefficient (Wildman–Crippen LogP) is 3.98. The zero-order valence-corrected chi connectivity index (χ0v) is 18.8. The van der Waals surface area contributed by atoms with Crippen LogP contribution in [0, 0.1) is 0 Å². The van der Waals surface area contributed by atoms with Gasteiger partial charge >= 0.3 is 5.97 Å². The number of nitrogens with one attached hydrogen (secondary N) is 2. The quantitative estimate of drug-likeness (QED) is 0.226. The molecule has 0 atom stereocenters. The van der Waals surface area contributed by atoms with Crippen LogP contribution in [0.25, 0.3) is 0 Å². The van der Waals surface area contributed by atoms with E-state index < -0.39 is 18.2 Å². The number of alkyl halides is 1. The fourth-order valence-electron chi connectivity index (χ4n) is 1.90. The molecule has 1 rings (SSSR count). The lowest BCUT2D eigenvalue weighted by atomic mass is 10.1. The van der Waals surface area contributed by atoms with Gasteiger partial charge in [-0.2, -0.15) is 0 Å². The summed E-state index contributed by atoms with van der Waals surface area (Å²) in [4.78, 5) is 31.9. The van der Waals surface area contributed by atoms with Crippen molar-refractivity contribution in [3.63, 3.8) is 0 Å². The fourth-order valence-corrected chi connectivity index (χ4v) is 1.90. The number of carbonyl (C=O) groups excluding carboxylic acids is 3. The summed E-state index contributed by atoms with van der Waals surface area (Å²) in [7, 11) is 0. The number of hydrogen-bond donors (Lipinski definition) is 2. The monoisotopic (exact) mass is 424 g/mol. The van der Waals surface area contributed by atoms with Crippen molar-refractivity contribution in [3.05, 3.63) is 47.4 Å². The van der Waals surface area contributed by atoms with Crippen LogP contribution in [0.2, 0.25) is 0 Å². The molecule has 1 aromatic carbocycles. The Kier molecular flexibility index (Phi) is 11.4. The van der Waals surface area contributed by atoms with Crippen molar-refractivity contribution in [2.75, 3.05) is 0 Å². The predicted molar refractivity (Wildman–Crippen MR) is 113 cm³/mol. The largest absolute Gasteiger partial charge is 0.473 e. The van der Waals surface area contributed by atoms with Gasteiger partial charge in [0.05, 0.1) is 0 Å². The number of ether oxygens (including phenoxy) is 2. The van der Waals surface area contributed by atoms with Gasteiger partial charge in [-0.25, -0.2) is 9.18 Å². The van der Waals surface area contributed by atoms with Gasteiger partial charge in [0.2, 0.25) is 12.2 Å². The van der Waals surface area contributed by atoms with Crippen molar-refractivity contribution in [1.82, 2.24) is 10.9 Å². The Bertz CT molecular complexity index is 717. The van der Waals surface area contributed by atoms with E-state index >= 15 is 0 Å². The fraction of sp³-hybridized carbons (Fsp3) is 0.500. The number of hydrogen-bond acceptors (Lipinski definition) is 6. The second-order valence-corrected chi connectivity index (χ2v) is 8.25. The van der Waals surface area contributed by atoms with E-state index in [1.807, 2.05) is 33.8 Å². The zero-order chi connectivity index (χ0) is 23.4. The SMILES string of the molecule is CC(C)(C)OC(=O)C=O.CC/C=C(\NNC(=O)c1ccc(CF)cc1)OC(C)(C)C. The molecule has 0 unspecified atom stereocenters. The van der Waals surface area contributed by atoms with Gasteiger partial charge in [-0.15, -0.1) is 0 Å². The Hall–Kier alpha value is -2.90. The van der Waals surface area contributed by atoms with Crippen LogP contribution in [0.15, 0.2) is 36.2 Å². The van der Waals surface area contributed by atoms with Crippen molar-refractivity contribution >= 4 is 18.2 Å². The first-order valence-corrected chi connectivity index (χ1v) is 9.60. The van der Waals surface area contributed by atoms with Gasteiger partial charge in [0.15, 0.2) is 0 Å². The highest BCUT2D eigenvalue weighted by Crippen LogP contribution is 2.12. The van der Waals surface area contributed by atoms with Crippen molar-refractivity contribution in [3.8, 4) is 0 Å². The summed E-state index contributed by atoms with van der Waals surface area (Å²) in [5, 5.41) is 0. The molecule has 168 valence electrons. The molecule has 0 radical (unpaired) electrons. The second-order valence-electron chi connectivity index (χ2n) is 8.25. The number of halogens is 1. The summed E-state index contributed by atoms with van der Waals surface area (Å²) in [5.41, 5.74) is 5.41. The minimum Gasteiger partial charge on any atom is -0.473 e. The Morgan fingerprint density at radius 1 is 0.967 bits per heavy atom. The molecular weight excluding hydrogens is 391 g/mol. The summed E-state index contributed by atoms with van der Waals surface area (Å²) in [6.07, 6.45) is 2.78. The van der Waals surface area contributed by atoms with Gasteiger partial charge < -0.3 is 9.47 Å². The van der Waals surface area contributed by atoms with Crippen LogP contribution in [-0.2, 0) is 25.7 Å². The summed E-state index contributed by atoms with van der Waals surface area (Å²) >= 11 is 0. The molecular formula is C22H33FN2O5. The standard InChI is InChI=1S/C16H23FN2O2.C6H10O3/c1-5-6-14(21-16(2,3)4)18-19-15(20)13-9-7-12(11-17)8-10-13;1-6(2,3)9-5(8)4-7/h6-10,18H,5,11H2,1-4H3,(H,19,20);4H,1-3H3/b14-6+;. The molecule has 0 aromatic heterocycles. The molecule has 0 heterocycles. The molecule has 8 heteroatoms. The molecule has 0 aliphatic heterocycles. The Balaban J connectivity index is 0.000000787. The van der Waals surface area contributed by atoms with Crippen molar-refractivity contribution in [2.24, 2.45) is 0 Å². The zero-order valence-electron chi connectivity index (χ0n) is 18.8. The van der Waals surface area contributed by atoms with Gasteiger partial charge in [0.1, 0.15) is 17.9 Å². The minimum atomic E-state index is -0.817. The minimum absolute atomic E-state index is 0.158. The lowest BCUT2D eigenvalue weighted by Crippen LogP contribution is -2.39. The molecule has 0 spiro atoms. The number of aldehydes is 1. The summed E-state index contributed by atoms with van der Waals surface area (Å²) < 4.78 is 22.7. The number of hydrazine groups is 1. The summed E-state index contributed by atoms with van der Waals surface area (Å²) in [5.74, 6) is -0.624. The first-order chi connectivity index (χ1) is 13.8. The van der Waals surface area contributed by atoms with E-state index in [1.54, 1.807) is 45.0 Å². The smallest absolute Gasteiger partial charge is 0.371 e. The van der Waals surface area contributed by atoms with Crippen LogP contribution in [0.5, 0.6) is 0 Å². The van der Waals surface area contributed by atoms with Crippen molar-refractivity contribution in [2.45, 2.75) is 72.8 Å². The van der Waals surface area contributed by atoms with E-state index in [2.05, 4.69) is 15.6 Å². The first kappa shape index (κ1) is 27.1. The highest BCUT2D eigenvalue weighted by Gasteiger charge is 2.15. The molecule has 1 aromatic rings. The number of allylic oxidation sites excluding steroid dienone is 1. The molecule has 0 saturated carbocycles. The van der Waals surface area contributed by atoms with E-state index in [-0.39, 0.29) is 17.8 Å². The molecule has 1 amide bonds. The Morgan fingerprint density at radius 3 is 1.87 bits per heavy atom. The molecule has 0 bridgehead atoms. The molecule has 2 N–H and O–H groups in total. The lowest BCUT2D eigenvalue weighted by Gasteiger charge is -2.24.